The molecule has 80 valence electrons. The van der Waals surface area contributed by atoms with Crippen molar-refractivity contribution in [2.24, 2.45) is 0 Å². The number of benzene rings is 1. The van der Waals surface area contributed by atoms with Gasteiger partial charge in [-0.1, -0.05) is 18.2 Å². The molecule has 16 heavy (non-hydrogen) atoms. The summed E-state index contributed by atoms with van der Waals surface area (Å²) in [5.74, 6) is 0.780. The third-order valence-corrected chi connectivity index (χ3v) is 2.43. The molecule has 1 heterocycles. The number of hydrogen-bond donors (Lipinski definition) is 1. The van der Waals surface area contributed by atoms with Crippen LogP contribution < -0.4 is 15.7 Å². The highest BCUT2D eigenvalue weighted by molar-refractivity contribution is 6.78. The number of methoxy groups -OCH3 is 1. The molecule has 0 saturated carbocycles. The molecule has 0 saturated heterocycles. The number of ether oxygens (including phenoxy) is 1. The van der Waals surface area contributed by atoms with Crippen molar-refractivity contribution in [3.05, 3.63) is 48.8 Å². The van der Waals surface area contributed by atoms with Crippen LogP contribution in [0.4, 0.5) is 0 Å². The summed E-state index contributed by atoms with van der Waals surface area (Å²) in [6, 6.07) is 11.0. The first-order valence-electron chi connectivity index (χ1n) is 5.03. The molecular weight excluding hydrogens is 201 g/mol. The molecule has 1 aromatic heterocycles. The Morgan fingerprint density at radius 1 is 1.12 bits per heavy atom. The summed E-state index contributed by atoms with van der Waals surface area (Å²) < 4.78 is 5.06. The second kappa shape index (κ2) is 4.81. The number of nitrogens with zero attached hydrogens (tertiary/aromatic N) is 1. The summed E-state index contributed by atoms with van der Waals surface area (Å²) in [5.41, 5.74) is 1.61. The molecule has 0 radical (unpaired) electrons. The Labute approximate surface area is 94.8 Å². The van der Waals surface area contributed by atoms with E-state index in [1.165, 1.54) is 0 Å². The zero-order valence-corrected chi connectivity index (χ0v) is 9.00. The molecule has 0 fully saturated rings. The van der Waals surface area contributed by atoms with Crippen LogP contribution in [0.1, 0.15) is 0 Å². The van der Waals surface area contributed by atoms with Gasteiger partial charge in [0, 0.05) is 12.4 Å². The standard InChI is InChI=1S/C12H12BNO2/c1-16-12-6-4-10(5-7-12)13(15)11-3-2-8-14-9-11/h2-9,15H,1H3. The SMILES string of the molecule is COc1ccc(B(O)c2cccnc2)cc1. The second-order valence-electron chi connectivity index (χ2n) is 3.46. The molecule has 0 aliphatic rings. The van der Waals surface area contributed by atoms with E-state index < -0.39 is 6.92 Å². The maximum Gasteiger partial charge on any atom is 0.360 e. The minimum absolute atomic E-state index is 0.639. The lowest BCUT2D eigenvalue weighted by molar-refractivity contribution is 0.415. The van der Waals surface area contributed by atoms with Crippen molar-refractivity contribution in [3.63, 3.8) is 0 Å². The van der Waals surface area contributed by atoms with Gasteiger partial charge < -0.3 is 9.76 Å². The van der Waals surface area contributed by atoms with Crippen LogP contribution in [0.3, 0.4) is 0 Å². The lowest BCUT2D eigenvalue weighted by Crippen LogP contribution is -2.42. The van der Waals surface area contributed by atoms with Crippen molar-refractivity contribution in [1.82, 2.24) is 4.98 Å². The molecule has 0 aliphatic carbocycles. The topological polar surface area (TPSA) is 42.4 Å². The smallest absolute Gasteiger partial charge is 0.360 e. The number of hydrogen-bond acceptors (Lipinski definition) is 3. The molecule has 2 rings (SSSR count). The van der Waals surface area contributed by atoms with Crippen LogP contribution in [-0.2, 0) is 0 Å². The molecule has 3 nitrogen and oxygen atoms in total. The van der Waals surface area contributed by atoms with E-state index in [2.05, 4.69) is 4.98 Å². The summed E-state index contributed by atoms with van der Waals surface area (Å²) in [4.78, 5) is 3.98. The predicted octanol–water partition coefficient (Wildman–Crippen LogP) is 0.188. The van der Waals surface area contributed by atoms with Crippen LogP contribution in [0.2, 0.25) is 0 Å². The second-order valence-corrected chi connectivity index (χ2v) is 3.46. The van der Waals surface area contributed by atoms with Gasteiger partial charge in [-0.25, -0.2) is 0 Å². The zero-order valence-electron chi connectivity index (χ0n) is 9.00. The maximum absolute atomic E-state index is 10.1. The first kappa shape index (κ1) is 10.7. The molecule has 0 aliphatic heterocycles. The average molecular weight is 213 g/mol. The number of pyridine rings is 1. The summed E-state index contributed by atoms with van der Waals surface area (Å²) in [6.07, 6.45) is 3.35. The molecular formula is C12H12BNO2. The Morgan fingerprint density at radius 3 is 2.44 bits per heavy atom. The van der Waals surface area contributed by atoms with Crippen molar-refractivity contribution >= 4 is 17.8 Å². The van der Waals surface area contributed by atoms with Crippen molar-refractivity contribution in [3.8, 4) is 5.75 Å². The zero-order chi connectivity index (χ0) is 11.4. The maximum atomic E-state index is 10.1. The minimum atomic E-state index is -0.639. The van der Waals surface area contributed by atoms with Crippen molar-refractivity contribution in [1.29, 1.82) is 0 Å². The highest BCUT2D eigenvalue weighted by atomic mass is 16.5. The quantitative estimate of drug-likeness (QED) is 0.740. The van der Waals surface area contributed by atoms with E-state index in [1.54, 1.807) is 19.5 Å². The Hall–Kier alpha value is -1.81. The van der Waals surface area contributed by atoms with Crippen LogP contribution in [0, 0.1) is 0 Å². The number of aromatic nitrogens is 1. The van der Waals surface area contributed by atoms with Gasteiger partial charge in [-0.2, -0.15) is 0 Å². The predicted molar refractivity (Wildman–Crippen MR) is 64.5 cm³/mol. The van der Waals surface area contributed by atoms with Crippen molar-refractivity contribution in [2.45, 2.75) is 0 Å². The Morgan fingerprint density at radius 2 is 1.88 bits per heavy atom. The summed E-state index contributed by atoms with van der Waals surface area (Å²) in [6.45, 7) is -0.639. The largest absolute Gasteiger partial charge is 0.497 e. The van der Waals surface area contributed by atoms with E-state index in [1.807, 2.05) is 36.4 Å². The molecule has 0 amide bonds. The van der Waals surface area contributed by atoms with Crippen LogP contribution in [0.25, 0.3) is 0 Å². The van der Waals surface area contributed by atoms with Gasteiger partial charge in [-0.05, 0) is 29.1 Å². The highest BCUT2D eigenvalue weighted by Crippen LogP contribution is 2.05. The molecule has 1 N–H and O–H groups in total. The van der Waals surface area contributed by atoms with Gasteiger partial charge in [0.05, 0.1) is 7.11 Å². The first-order valence-corrected chi connectivity index (χ1v) is 5.03. The summed E-state index contributed by atoms with van der Waals surface area (Å²) in [7, 11) is 1.62. The summed E-state index contributed by atoms with van der Waals surface area (Å²) in [5, 5.41) is 10.1. The highest BCUT2D eigenvalue weighted by Gasteiger charge is 2.16. The van der Waals surface area contributed by atoms with Crippen molar-refractivity contribution < 1.29 is 9.76 Å². The van der Waals surface area contributed by atoms with Gasteiger partial charge in [-0.3, -0.25) is 4.98 Å². The van der Waals surface area contributed by atoms with Crippen LogP contribution in [0.15, 0.2) is 48.8 Å². The normalized spacial score (nSPS) is 9.88. The lowest BCUT2D eigenvalue weighted by atomic mass is 9.56. The van der Waals surface area contributed by atoms with E-state index in [9.17, 15) is 5.02 Å². The van der Waals surface area contributed by atoms with Gasteiger partial charge in [0.1, 0.15) is 5.75 Å². The van der Waals surface area contributed by atoms with Gasteiger partial charge in [0.2, 0.25) is 0 Å². The molecule has 4 heteroatoms. The summed E-state index contributed by atoms with van der Waals surface area (Å²) >= 11 is 0. The van der Waals surface area contributed by atoms with Gasteiger partial charge >= 0.3 is 6.92 Å². The van der Waals surface area contributed by atoms with Crippen LogP contribution >= 0.6 is 0 Å². The fourth-order valence-corrected chi connectivity index (χ4v) is 1.52. The molecule has 0 spiro atoms. The average Bonchev–Trinajstić information content (AvgIpc) is 2.39. The number of rotatable bonds is 3. The van der Waals surface area contributed by atoms with Gasteiger partial charge in [0.15, 0.2) is 0 Å². The van der Waals surface area contributed by atoms with Gasteiger partial charge in [0.25, 0.3) is 0 Å². The molecule has 0 unspecified atom stereocenters. The molecule has 2 aromatic rings. The van der Waals surface area contributed by atoms with E-state index in [-0.39, 0.29) is 0 Å². The van der Waals surface area contributed by atoms with Crippen molar-refractivity contribution in [2.75, 3.05) is 7.11 Å². The molecule has 0 atom stereocenters. The fraction of sp³-hybridized carbons (Fsp3) is 0.0833. The third-order valence-electron chi connectivity index (χ3n) is 2.43. The fourth-order valence-electron chi connectivity index (χ4n) is 1.52. The monoisotopic (exact) mass is 213 g/mol. The van der Waals surface area contributed by atoms with E-state index in [0.717, 1.165) is 16.7 Å². The Kier molecular flexibility index (Phi) is 3.22. The Balaban J connectivity index is 2.24. The van der Waals surface area contributed by atoms with E-state index >= 15 is 0 Å². The van der Waals surface area contributed by atoms with E-state index in [0.29, 0.717) is 0 Å². The Bertz CT molecular complexity index is 444. The molecule has 1 aromatic carbocycles. The molecule has 0 bridgehead atoms. The van der Waals surface area contributed by atoms with E-state index in [4.69, 9.17) is 4.74 Å². The minimum Gasteiger partial charge on any atom is -0.497 e. The van der Waals surface area contributed by atoms with Crippen LogP contribution in [0.5, 0.6) is 5.75 Å². The van der Waals surface area contributed by atoms with Gasteiger partial charge in [-0.15, -0.1) is 0 Å². The van der Waals surface area contributed by atoms with Crippen LogP contribution in [-0.4, -0.2) is 24.0 Å². The first-order chi connectivity index (χ1) is 7.81. The third kappa shape index (κ3) is 2.23. The lowest BCUT2D eigenvalue weighted by Gasteiger charge is -2.07.